The maximum Gasteiger partial charge on any atom is 0.338 e. The van der Waals surface area contributed by atoms with Crippen molar-refractivity contribution in [2.75, 3.05) is 6.61 Å². The Balaban J connectivity index is 1.84. The number of aromatic nitrogens is 2. The van der Waals surface area contributed by atoms with Gasteiger partial charge >= 0.3 is 5.97 Å². The molecule has 1 saturated carbocycles. The van der Waals surface area contributed by atoms with Gasteiger partial charge in [0.05, 0.1) is 28.9 Å². The third kappa shape index (κ3) is 3.25. The lowest BCUT2D eigenvalue weighted by Crippen LogP contribution is -2.14. The molecule has 2 N–H and O–H groups in total. The number of amides is 1. The highest BCUT2D eigenvalue weighted by Crippen LogP contribution is 2.40. The third-order valence-corrected chi connectivity index (χ3v) is 6.19. The summed E-state index contributed by atoms with van der Waals surface area (Å²) < 4.78 is 12.7. The number of aryl methyl sites for hydroxylation is 2. The van der Waals surface area contributed by atoms with Crippen LogP contribution in [0, 0.1) is 19.8 Å². The van der Waals surface area contributed by atoms with Crippen molar-refractivity contribution < 1.29 is 18.8 Å². The molecule has 1 fully saturated rings. The highest BCUT2D eigenvalue weighted by Gasteiger charge is 2.27. The van der Waals surface area contributed by atoms with Gasteiger partial charge in [0.2, 0.25) is 0 Å². The van der Waals surface area contributed by atoms with E-state index in [-0.39, 0.29) is 5.97 Å². The number of esters is 1. The lowest BCUT2D eigenvalue weighted by atomic mass is 9.97. The Morgan fingerprint density at radius 3 is 2.59 bits per heavy atom. The van der Waals surface area contributed by atoms with Crippen LogP contribution in [0.2, 0.25) is 0 Å². The molecule has 2 heterocycles. The number of hydrogen-bond donors (Lipinski definition) is 1. The van der Waals surface area contributed by atoms with Crippen molar-refractivity contribution in [3.05, 3.63) is 52.9 Å². The molecule has 2 aromatic heterocycles. The Morgan fingerprint density at radius 2 is 1.97 bits per heavy atom. The first-order valence-electron chi connectivity index (χ1n) is 10.9. The van der Waals surface area contributed by atoms with Gasteiger partial charge in [0.15, 0.2) is 0 Å². The Bertz CT molecular complexity index is 1370. The van der Waals surface area contributed by atoms with Gasteiger partial charge in [-0.25, -0.2) is 4.79 Å². The number of fused-ring (bicyclic) bond motifs is 3. The Kier molecular flexibility index (Phi) is 4.77. The van der Waals surface area contributed by atoms with E-state index in [9.17, 15) is 9.59 Å². The second kappa shape index (κ2) is 7.51. The van der Waals surface area contributed by atoms with Crippen LogP contribution in [0.15, 0.2) is 34.9 Å². The quantitative estimate of drug-likeness (QED) is 0.444. The number of carbonyl (C=O) groups excluding carboxylic acids is 2. The molecule has 164 valence electrons. The van der Waals surface area contributed by atoms with Gasteiger partial charge in [-0.3, -0.25) is 4.79 Å². The van der Waals surface area contributed by atoms with E-state index in [0.29, 0.717) is 29.4 Å². The number of benzene rings is 2. The van der Waals surface area contributed by atoms with Crippen molar-refractivity contribution in [2.45, 2.75) is 40.2 Å². The van der Waals surface area contributed by atoms with Crippen molar-refractivity contribution in [1.82, 2.24) is 9.72 Å². The van der Waals surface area contributed by atoms with Gasteiger partial charge < -0.3 is 19.6 Å². The molecule has 1 aliphatic rings. The Hall–Kier alpha value is -3.61. The molecule has 1 amide bonds. The first-order chi connectivity index (χ1) is 15.4. The van der Waals surface area contributed by atoms with Gasteiger partial charge in [0, 0.05) is 28.4 Å². The van der Waals surface area contributed by atoms with E-state index in [2.05, 4.69) is 15.8 Å². The Morgan fingerprint density at radius 1 is 1.19 bits per heavy atom. The first-order valence-corrected chi connectivity index (χ1v) is 10.9. The summed E-state index contributed by atoms with van der Waals surface area (Å²) in [6.45, 7) is 6.61. The maximum absolute atomic E-state index is 12.6. The standard InChI is InChI=1S/C25H25N3O4/c1-4-31-25(30)16-7-8-18-19-9-17(22-13(2)27-32-14(22)3)10-20(24(26)29)23(19)28(21(18)11-16)12-15-5-6-15/h7-11,15H,4-6,12H2,1-3H3,(H2,26,29). The summed E-state index contributed by atoms with van der Waals surface area (Å²) in [7, 11) is 0. The van der Waals surface area contributed by atoms with Crippen molar-refractivity contribution in [3.63, 3.8) is 0 Å². The predicted molar refractivity (Wildman–Crippen MR) is 122 cm³/mol. The van der Waals surface area contributed by atoms with E-state index in [4.69, 9.17) is 15.0 Å². The number of nitrogens with two attached hydrogens (primary N) is 1. The molecule has 0 saturated heterocycles. The van der Waals surface area contributed by atoms with Gasteiger partial charge in [-0.05, 0) is 69.4 Å². The summed E-state index contributed by atoms with van der Waals surface area (Å²) in [4.78, 5) is 25.0. The number of hydrogen-bond acceptors (Lipinski definition) is 5. The normalized spacial score (nSPS) is 13.7. The van der Waals surface area contributed by atoms with Crippen molar-refractivity contribution >= 4 is 33.7 Å². The van der Waals surface area contributed by atoms with Crippen LogP contribution in [0.5, 0.6) is 0 Å². The van der Waals surface area contributed by atoms with Crippen LogP contribution >= 0.6 is 0 Å². The second-order valence-corrected chi connectivity index (χ2v) is 8.49. The lowest BCUT2D eigenvalue weighted by Gasteiger charge is -2.11. The number of nitrogens with zero attached hydrogens (tertiary/aromatic N) is 2. The zero-order valence-electron chi connectivity index (χ0n) is 18.4. The molecule has 0 aliphatic heterocycles. The molecule has 1 aliphatic carbocycles. The second-order valence-electron chi connectivity index (χ2n) is 8.49. The van der Waals surface area contributed by atoms with Crippen LogP contribution in [-0.4, -0.2) is 28.2 Å². The molecule has 0 atom stereocenters. The van der Waals surface area contributed by atoms with Crippen LogP contribution < -0.4 is 5.73 Å². The molecule has 2 aromatic carbocycles. The van der Waals surface area contributed by atoms with Gasteiger partial charge in [-0.15, -0.1) is 0 Å². The van der Waals surface area contributed by atoms with Crippen molar-refractivity contribution in [2.24, 2.45) is 11.7 Å². The molecule has 0 radical (unpaired) electrons. The molecule has 4 aromatic rings. The van der Waals surface area contributed by atoms with Gasteiger partial charge in [-0.1, -0.05) is 11.2 Å². The number of primary amides is 1. The summed E-state index contributed by atoms with van der Waals surface area (Å²) >= 11 is 0. The molecule has 5 rings (SSSR count). The molecule has 7 nitrogen and oxygen atoms in total. The SMILES string of the molecule is CCOC(=O)c1ccc2c3cc(-c4c(C)noc4C)cc(C(N)=O)c3n(CC3CC3)c2c1. The van der Waals surface area contributed by atoms with E-state index in [0.717, 1.165) is 58.0 Å². The summed E-state index contributed by atoms with van der Waals surface area (Å²) in [5.74, 6) is 0.393. The highest BCUT2D eigenvalue weighted by atomic mass is 16.5. The smallest absolute Gasteiger partial charge is 0.338 e. The van der Waals surface area contributed by atoms with E-state index in [1.807, 2.05) is 32.0 Å². The van der Waals surface area contributed by atoms with Gasteiger partial charge in [0.1, 0.15) is 5.76 Å². The van der Waals surface area contributed by atoms with Crippen molar-refractivity contribution in [1.29, 1.82) is 0 Å². The summed E-state index contributed by atoms with van der Waals surface area (Å²) in [5, 5.41) is 5.94. The van der Waals surface area contributed by atoms with Crippen LogP contribution in [0.25, 0.3) is 32.9 Å². The van der Waals surface area contributed by atoms with E-state index in [1.165, 1.54) is 0 Å². The van der Waals surface area contributed by atoms with E-state index in [1.54, 1.807) is 13.0 Å². The lowest BCUT2D eigenvalue weighted by molar-refractivity contribution is 0.0526. The van der Waals surface area contributed by atoms with Crippen LogP contribution in [-0.2, 0) is 11.3 Å². The largest absolute Gasteiger partial charge is 0.462 e. The van der Waals surface area contributed by atoms with Gasteiger partial charge in [-0.2, -0.15) is 0 Å². The van der Waals surface area contributed by atoms with Crippen LogP contribution in [0.4, 0.5) is 0 Å². The first kappa shape index (κ1) is 20.3. The van der Waals surface area contributed by atoms with Gasteiger partial charge in [0.25, 0.3) is 5.91 Å². The molecule has 32 heavy (non-hydrogen) atoms. The summed E-state index contributed by atoms with van der Waals surface area (Å²) in [6.07, 6.45) is 2.31. The monoisotopic (exact) mass is 431 g/mol. The summed E-state index contributed by atoms with van der Waals surface area (Å²) in [6, 6.07) is 9.44. The maximum atomic E-state index is 12.6. The minimum atomic E-state index is -0.492. The third-order valence-electron chi connectivity index (χ3n) is 6.19. The molecular weight excluding hydrogens is 406 g/mol. The average molecular weight is 431 g/mol. The van der Waals surface area contributed by atoms with Crippen molar-refractivity contribution in [3.8, 4) is 11.1 Å². The topological polar surface area (TPSA) is 100 Å². The van der Waals surface area contributed by atoms with Crippen LogP contribution in [0.3, 0.4) is 0 Å². The zero-order valence-corrected chi connectivity index (χ0v) is 18.4. The fourth-order valence-electron chi connectivity index (χ4n) is 4.55. The number of carbonyl (C=O) groups is 2. The molecule has 0 bridgehead atoms. The molecule has 0 spiro atoms. The van der Waals surface area contributed by atoms with E-state index >= 15 is 0 Å². The molecule has 7 heteroatoms. The fraction of sp³-hybridized carbons (Fsp3) is 0.320. The average Bonchev–Trinajstić information content (AvgIpc) is 3.46. The minimum absolute atomic E-state index is 0.314. The zero-order chi connectivity index (χ0) is 22.6. The number of ether oxygens (including phenoxy) is 1. The Labute approximate surface area is 185 Å². The number of rotatable bonds is 6. The molecular formula is C25H25N3O4. The minimum Gasteiger partial charge on any atom is -0.462 e. The fourth-order valence-corrected chi connectivity index (χ4v) is 4.55. The molecule has 0 unspecified atom stereocenters. The highest BCUT2D eigenvalue weighted by molar-refractivity contribution is 6.17. The summed E-state index contributed by atoms with van der Waals surface area (Å²) in [5.41, 5.74) is 11.0. The van der Waals surface area contributed by atoms with E-state index < -0.39 is 5.91 Å². The predicted octanol–water partition coefficient (Wildman–Crippen LogP) is 4.75. The van der Waals surface area contributed by atoms with Crippen LogP contribution in [0.1, 0.15) is 51.9 Å².